The van der Waals surface area contributed by atoms with Gasteiger partial charge in [0.2, 0.25) is 0 Å². The normalized spacial score (nSPS) is 10.8. The summed E-state index contributed by atoms with van der Waals surface area (Å²) in [6.45, 7) is 0.366. The fourth-order valence-corrected chi connectivity index (χ4v) is 3.41. The van der Waals surface area contributed by atoms with Gasteiger partial charge in [-0.25, -0.2) is 9.18 Å². The predicted octanol–water partition coefficient (Wildman–Crippen LogP) is 2.64. The molecule has 0 radical (unpaired) electrons. The molecule has 0 saturated carbocycles. The first-order valence-corrected chi connectivity index (χ1v) is 10.1. The summed E-state index contributed by atoms with van der Waals surface area (Å²) in [6, 6.07) is 12.6. The molecule has 8 nitrogen and oxygen atoms in total. The van der Waals surface area contributed by atoms with E-state index in [4.69, 9.17) is 22.1 Å². The number of ether oxygens (including phenoxy) is 1. The van der Waals surface area contributed by atoms with Gasteiger partial charge in [0.25, 0.3) is 11.5 Å². The second-order valence-electron chi connectivity index (χ2n) is 6.99. The van der Waals surface area contributed by atoms with Crippen LogP contribution in [-0.4, -0.2) is 35.7 Å². The van der Waals surface area contributed by atoms with Crippen molar-refractivity contribution in [2.24, 2.45) is 0 Å². The molecule has 3 N–H and O–H groups in total. The van der Waals surface area contributed by atoms with E-state index in [1.165, 1.54) is 19.2 Å². The molecule has 3 rings (SSSR count). The Labute approximate surface area is 188 Å². The van der Waals surface area contributed by atoms with Crippen LogP contribution in [0.5, 0.6) is 0 Å². The van der Waals surface area contributed by atoms with E-state index >= 15 is 0 Å². The van der Waals surface area contributed by atoms with Gasteiger partial charge in [0.05, 0.1) is 12.1 Å². The Hall–Kier alpha value is -3.43. The molecule has 0 unspecified atom stereocenters. The number of nitrogen functional groups attached to an aromatic ring is 1. The summed E-state index contributed by atoms with van der Waals surface area (Å²) in [7, 11) is 1.49. The third kappa shape index (κ3) is 5.06. The number of nitrogens with zero attached hydrogens (tertiary/aromatic N) is 2. The van der Waals surface area contributed by atoms with Crippen LogP contribution in [0, 0.1) is 5.82 Å². The number of carbonyl (C=O) groups is 1. The lowest BCUT2D eigenvalue weighted by Crippen LogP contribution is -2.42. The minimum Gasteiger partial charge on any atom is -0.385 e. The standard InChI is InChI=1S/C22H22ClFN4O4/c1-32-11-5-10-27(21(30)16-9-8-15(23)12-17(16)24)18-19(25)28(22(31)26-20(18)29)13-14-6-3-2-4-7-14/h2-4,6-9,12H,5,10-11,13,25H2,1H3,(H,26,29,31). The summed E-state index contributed by atoms with van der Waals surface area (Å²) in [5.74, 6) is -1.84. The quantitative estimate of drug-likeness (QED) is 0.502. The van der Waals surface area contributed by atoms with Crippen molar-refractivity contribution in [1.29, 1.82) is 0 Å². The molecule has 0 spiro atoms. The highest BCUT2D eigenvalue weighted by molar-refractivity contribution is 6.30. The van der Waals surface area contributed by atoms with E-state index in [2.05, 4.69) is 4.98 Å². The van der Waals surface area contributed by atoms with Gasteiger partial charge >= 0.3 is 5.69 Å². The molecule has 0 bridgehead atoms. The number of methoxy groups -OCH3 is 1. The van der Waals surface area contributed by atoms with Crippen LogP contribution in [0.15, 0.2) is 58.1 Å². The van der Waals surface area contributed by atoms with E-state index in [9.17, 15) is 18.8 Å². The van der Waals surface area contributed by atoms with E-state index in [0.29, 0.717) is 6.42 Å². The van der Waals surface area contributed by atoms with Crippen LogP contribution < -0.4 is 21.9 Å². The van der Waals surface area contributed by atoms with Crippen molar-refractivity contribution >= 4 is 29.0 Å². The number of halogens is 2. The van der Waals surface area contributed by atoms with Crippen LogP contribution in [0.3, 0.4) is 0 Å². The smallest absolute Gasteiger partial charge is 0.330 e. The number of amides is 1. The molecule has 0 aliphatic rings. The third-order valence-electron chi connectivity index (χ3n) is 4.80. The van der Waals surface area contributed by atoms with E-state index in [0.717, 1.165) is 21.1 Å². The zero-order valence-corrected chi connectivity index (χ0v) is 18.1. The van der Waals surface area contributed by atoms with Crippen molar-refractivity contribution in [3.05, 3.63) is 91.3 Å². The summed E-state index contributed by atoms with van der Waals surface area (Å²) >= 11 is 5.79. The van der Waals surface area contributed by atoms with E-state index in [1.807, 2.05) is 6.07 Å². The van der Waals surface area contributed by atoms with Gasteiger partial charge < -0.3 is 15.4 Å². The fourth-order valence-electron chi connectivity index (χ4n) is 3.25. The molecule has 3 aromatic rings. The number of benzene rings is 2. The Balaban J connectivity index is 2.11. The van der Waals surface area contributed by atoms with E-state index in [-0.39, 0.29) is 41.8 Å². The van der Waals surface area contributed by atoms with E-state index in [1.54, 1.807) is 24.3 Å². The third-order valence-corrected chi connectivity index (χ3v) is 5.04. The van der Waals surface area contributed by atoms with Gasteiger partial charge in [-0.05, 0) is 30.2 Å². The first-order chi connectivity index (χ1) is 15.3. The topological polar surface area (TPSA) is 110 Å². The van der Waals surface area contributed by atoms with Crippen molar-refractivity contribution in [3.8, 4) is 0 Å². The van der Waals surface area contributed by atoms with Gasteiger partial charge in [-0.15, -0.1) is 0 Å². The summed E-state index contributed by atoms with van der Waals surface area (Å²) in [6.07, 6.45) is 0.341. The van der Waals surface area contributed by atoms with Gasteiger partial charge in [0.15, 0.2) is 5.69 Å². The van der Waals surface area contributed by atoms with Crippen molar-refractivity contribution in [2.45, 2.75) is 13.0 Å². The number of aromatic nitrogens is 2. The second-order valence-corrected chi connectivity index (χ2v) is 7.43. The number of hydrogen-bond donors (Lipinski definition) is 2. The molecule has 0 atom stereocenters. The minimum absolute atomic E-state index is 0.00552. The Morgan fingerprint density at radius 1 is 1.22 bits per heavy atom. The lowest BCUT2D eigenvalue weighted by molar-refractivity contribution is 0.0979. The number of H-pyrrole nitrogens is 1. The SMILES string of the molecule is COCCCN(C(=O)c1ccc(Cl)cc1F)c1c(N)n(Cc2ccccc2)c(=O)[nH]c1=O. The van der Waals surface area contributed by atoms with Crippen molar-refractivity contribution in [1.82, 2.24) is 9.55 Å². The van der Waals surface area contributed by atoms with E-state index < -0.39 is 23.0 Å². The monoisotopic (exact) mass is 460 g/mol. The number of aromatic amines is 1. The molecular formula is C22H22ClFN4O4. The predicted molar refractivity (Wildman–Crippen MR) is 121 cm³/mol. The van der Waals surface area contributed by atoms with Crippen LogP contribution >= 0.6 is 11.6 Å². The Morgan fingerprint density at radius 2 is 1.94 bits per heavy atom. The number of anilines is 2. The summed E-state index contributed by atoms with van der Waals surface area (Å²) < 4.78 is 20.7. The number of nitrogens with one attached hydrogen (secondary N) is 1. The molecule has 0 fully saturated rings. The molecule has 1 heterocycles. The number of nitrogens with two attached hydrogens (primary N) is 1. The number of carbonyl (C=O) groups excluding carboxylic acids is 1. The lowest BCUT2D eigenvalue weighted by atomic mass is 10.1. The van der Waals surface area contributed by atoms with Crippen LogP contribution in [0.4, 0.5) is 15.9 Å². The minimum atomic E-state index is -0.850. The summed E-state index contributed by atoms with van der Waals surface area (Å²) in [4.78, 5) is 41.7. The number of rotatable bonds is 8. The van der Waals surface area contributed by atoms with Gasteiger partial charge in [-0.3, -0.25) is 19.1 Å². The highest BCUT2D eigenvalue weighted by Crippen LogP contribution is 2.23. The highest BCUT2D eigenvalue weighted by Gasteiger charge is 2.27. The van der Waals surface area contributed by atoms with Crippen molar-refractivity contribution in [2.75, 3.05) is 30.9 Å². The zero-order valence-electron chi connectivity index (χ0n) is 17.3. The second kappa shape index (κ2) is 10.3. The summed E-state index contributed by atoms with van der Waals surface area (Å²) in [5.41, 5.74) is 4.89. The Morgan fingerprint density at radius 3 is 2.59 bits per heavy atom. The molecule has 1 aromatic heterocycles. The van der Waals surface area contributed by atoms with Crippen LogP contribution in [0.25, 0.3) is 0 Å². The number of hydrogen-bond acceptors (Lipinski definition) is 5. The zero-order chi connectivity index (χ0) is 23.3. The molecule has 0 aliphatic carbocycles. The van der Waals surface area contributed by atoms with Gasteiger partial charge in [0, 0.05) is 25.3 Å². The average Bonchev–Trinajstić information content (AvgIpc) is 2.76. The van der Waals surface area contributed by atoms with Gasteiger partial charge in [-0.1, -0.05) is 41.9 Å². The fraction of sp³-hybridized carbons (Fsp3) is 0.227. The lowest BCUT2D eigenvalue weighted by Gasteiger charge is -2.25. The summed E-state index contributed by atoms with van der Waals surface area (Å²) in [5, 5.41) is 0.124. The Bertz CT molecular complexity index is 1230. The molecule has 168 valence electrons. The van der Waals surface area contributed by atoms with Crippen LogP contribution in [-0.2, 0) is 11.3 Å². The highest BCUT2D eigenvalue weighted by atomic mass is 35.5. The first kappa shape index (κ1) is 23.2. The van der Waals surface area contributed by atoms with Gasteiger partial charge in [0.1, 0.15) is 11.6 Å². The molecule has 1 amide bonds. The largest absolute Gasteiger partial charge is 0.385 e. The molecule has 32 heavy (non-hydrogen) atoms. The molecule has 2 aromatic carbocycles. The Kier molecular flexibility index (Phi) is 7.45. The molecule has 0 aliphatic heterocycles. The molecule has 10 heteroatoms. The molecule has 0 saturated heterocycles. The van der Waals surface area contributed by atoms with Crippen LogP contribution in [0.1, 0.15) is 22.3 Å². The molecular weight excluding hydrogens is 439 g/mol. The first-order valence-electron chi connectivity index (χ1n) is 9.76. The average molecular weight is 461 g/mol. The van der Waals surface area contributed by atoms with Crippen molar-refractivity contribution in [3.63, 3.8) is 0 Å². The maximum atomic E-state index is 14.5. The maximum absolute atomic E-state index is 14.5. The van der Waals surface area contributed by atoms with Crippen LogP contribution in [0.2, 0.25) is 5.02 Å². The van der Waals surface area contributed by atoms with Crippen molar-refractivity contribution < 1.29 is 13.9 Å². The maximum Gasteiger partial charge on any atom is 0.330 e. The van der Waals surface area contributed by atoms with Gasteiger partial charge in [-0.2, -0.15) is 0 Å².